The van der Waals surface area contributed by atoms with Crippen molar-refractivity contribution in [2.24, 2.45) is 5.92 Å². The third kappa shape index (κ3) is 4.65. The molecule has 0 aliphatic rings. The number of nitrogens with one attached hydrogen (secondary N) is 1. The van der Waals surface area contributed by atoms with Crippen LogP contribution in [-0.4, -0.2) is 38.5 Å². The van der Waals surface area contributed by atoms with Gasteiger partial charge in [-0.25, -0.2) is 13.2 Å². The van der Waals surface area contributed by atoms with Crippen molar-refractivity contribution >= 4 is 27.6 Å². The summed E-state index contributed by atoms with van der Waals surface area (Å²) in [5.41, 5.74) is 0.698. The molecule has 1 atom stereocenters. The van der Waals surface area contributed by atoms with Crippen LogP contribution in [0.3, 0.4) is 0 Å². The largest absolute Gasteiger partial charge is 0.480 e. The second-order valence-electron chi connectivity index (χ2n) is 6.37. The topological polar surface area (TPSA) is 104 Å². The maximum atomic E-state index is 12.7. The summed E-state index contributed by atoms with van der Waals surface area (Å²) in [7, 11) is -2.33. The maximum absolute atomic E-state index is 12.7. The molecule has 0 fully saturated rings. The lowest BCUT2D eigenvalue weighted by Crippen LogP contribution is -2.44. The van der Waals surface area contributed by atoms with Gasteiger partial charge in [0.05, 0.1) is 10.6 Å². The molecule has 0 heterocycles. The number of aliphatic carboxylic acids is 1. The molecule has 0 spiro atoms. The smallest absolute Gasteiger partial charge is 0.326 e. The lowest BCUT2D eigenvalue weighted by Gasteiger charge is -2.20. The fourth-order valence-electron chi connectivity index (χ4n) is 2.45. The molecule has 2 aromatic carbocycles. The number of hydrogen-bond donors (Lipinski definition) is 2. The summed E-state index contributed by atoms with van der Waals surface area (Å²) in [6.07, 6.45) is 0. The fraction of sp³-hybridized carbons (Fsp3) is 0.263. The van der Waals surface area contributed by atoms with Gasteiger partial charge in [-0.15, -0.1) is 0 Å². The summed E-state index contributed by atoms with van der Waals surface area (Å²) in [6.45, 7) is 3.38. The predicted octanol–water partition coefficient (Wildman–Crippen LogP) is 2.35. The van der Waals surface area contributed by atoms with Gasteiger partial charge in [0.25, 0.3) is 15.9 Å². The van der Waals surface area contributed by atoms with E-state index in [9.17, 15) is 18.0 Å². The fourth-order valence-corrected chi connectivity index (χ4v) is 3.65. The van der Waals surface area contributed by atoms with Crippen LogP contribution in [-0.2, 0) is 14.8 Å². The van der Waals surface area contributed by atoms with Crippen LogP contribution >= 0.6 is 0 Å². The monoisotopic (exact) mass is 390 g/mol. The zero-order chi connectivity index (χ0) is 20.2. The molecule has 0 unspecified atom stereocenters. The number of carboxylic acid groups (broad SMARTS) is 1. The highest BCUT2D eigenvalue weighted by Gasteiger charge is 2.25. The number of rotatable bonds is 7. The van der Waals surface area contributed by atoms with Gasteiger partial charge in [-0.2, -0.15) is 0 Å². The van der Waals surface area contributed by atoms with E-state index in [-0.39, 0.29) is 16.4 Å². The highest BCUT2D eigenvalue weighted by atomic mass is 32.2. The maximum Gasteiger partial charge on any atom is 0.326 e. The molecule has 1 amide bonds. The van der Waals surface area contributed by atoms with Crippen LogP contribution in [0.2, 0.25) is 0 Å². The Morgan fingerprint density at radius 1 is 1.00 bits per heavy atom. The number of carboxylic acids is 1. The van der Waals surface area contributed by atoms with Crippen molar-refractivity contribution < 1.29 is 23.1 Å². The Bertz CT molecular complexity index is 909. The van der Waals surface area contributed by atoms with Gasteiger partial charge < -0.3 is 10.4 Å². The van der Waals surface area contributed by atoms with Gasteiger partial charge in [0, 0.05) is 12.6 Å². The molecule has 0 aromatic heterocycles. The molecule has 0 saturated heterocycles. The SMILES string of the molecule is CC(C)[C@H](NC(=O)c1ccc(S(=O)(=O)N(C)c2ccccc2)cc1)C(=O)O. The highest BCUT2D eigenvalue weighted by molar-refractivity contribution is 7.92. The molecule has 144 valence electrons. The van der Waals surface area contributed by atoms with Crippen molar-refractivity contribution in [3.8, 4) is 0 Å². The number of sulfonamides is 1. The summed E-state index contributed by atoms with van der Waals surface area (Å²) < 4.78 is 26.6. The number of amides is 1. The van der Waals surface area contributed by atoms with Gasteiger partial charge in [0.2, 0.25) is 0 Å². The Morgan fingerprint density at radius 2 is 1.56 bits per heavy atom. The zero-order valence-electron chi connectivity index (χ0n) is 15.3. The van der Waals surface area contributed by atoms with E-state index in [1.807, 2.05) is 0 Å². The number of para-hydroxylation sites is 1. The average Bonchev–Trinajstić information content (AvgIpc) is 2.65. The molecule has 2 aromatic rings. The molecule has 27 heavy (non-hydrogen) atoms. The molecule has 8 heteroatoms. The molecule has 2 rings (SSSR count). The van der Waals surface area contributed by atoms with Crippen molar-refractivity contribution in [2.45, 2.75) is 24.8 Å². The van der Waals surface area contributed by atoms with Gasteiger partial charge in [-0.05, 0) is 42.3 Å². The minimum absolute atomic E-state index is 0.0315. The summed E-state index contributed by atoms with van der Waals surface area (Å²) in [4.78, 5) is 23.5. The summed E-state index contributed by atoms with van der Waals surface area (Å²) in [5.74, 6) is -1.98. The highest BCUT2D eigenvalue weighted by Crippen LogP contribution is 2.22. The van der Waals surface area contributed by atoms with E-state index >= 15 is 0 Å². The molecule has 7 nitrogen and oxygen atoms in total. The van der Waals surface area contributed by atoms with Crippen LogP contribution in [0, 0.1) is 5.92 Å². The molecular weight excluding hydrogens is 368 g/mol. The first-order chi connectivity index (χ1) is 12.6. The average molecular weight is 390 g/mol. The molecule has 0 radical (unpaired) electrons. The van der Waals surface area contributed by atoms with Gasteiger partial charge in [0.15, 0.2) is 0 Å². The molecule has 0 aliphatic carbocycles. The van der Waals surface area contributed by atoms with E-state index < -0.39 is 27.9 Å². The zero-order valence-corrected chi connectivity index (χ0v) is 16.1. The van der Waals surface area contributed by atoms with E-state index in [2.05, 4.69) is 5.32 Å². The summed E-state index contributed by atoms with van der Waals surface area (Å²) in [5, 5.41) is 11.6. The third-order valence-corrected chi connectivity index (χ3v) is 5.91. The summed E-state index contributed by atoms with van der Waals surface area (Å²) >= 11 is 0. The van der Waals surface area contributed by atoms with E-state index in [4.69, 9.17) is 5.11 Å². The molecular formula is C19H22N2O5S. The number of nitrogens with zero attached hydrogens (tertiary/aromatic N) is 1. The molecule has 2 N–H and O–H groups in total. The quantitative estimate of drug-likeness (QED) is 0.755. The number of carbonyl (C=O) groups is 2. The number of benzene rings is 2. The van der Waals surface area contributed by atoms with Crippen molar-refractivity contribution in [1.82, 2.24) is 5.32 Å². The molecule has 0 bridgehead atoms. The lowest BCUT2D eigenvalue weighted by molar-refractivity contribution is -0.140. The van der Waals surface area contributed by atoms with Crippen LogP contribution in [0.4, 0.5) is 5.69 Å². The standard InChI is InChI=1S/C19H22N2O5S/c1-13(2)17(19(23)24)20-18(22)14-9-11-16(12-10-14)27(25,26)21(3)15-7-5-4-6-8-15/h4-13,17H,1-3H3,(H,20,22)(H,23,24)/t17-/m0/s1. The first-order valence-electron chi connectivity index (χ1n) is 8.32. The Balaban J connectivity index is 2.21. The van der Waals surface area contributed by atoms with Gasteiger partial charge in [0.1, 0.15) is 6.04 Å². The van der Waals surface area contributed by atoms with Crippen molar-refractivity contribution in [3.05, 3.63) is 60.2 Å². The van der Waals surface area contributed by atoms with Crippen molar-refractivity contribution in [1.29, 1.82) is 0 Å². The van der Waals surface area contributed by atoms with E-state index in [1.54, 1.807) is 44.2 Å². The molecule has 0 saturated carbocycles. The number of carbonyl (C=O) groups excluding carboxylic acids is 1. The van der Waals surface area contributed by atoms with Gasteiger partial charge >= 0.3 is 5.97 Å². The van der Waals surface area contributed by atoms with Crippen LogP contribution in [0.5, 0.6) is 0 Å². The third-order valence-electron chi connectivity index (χ3n) is 4.11. The Morgan fingerprint density at radius 3 is 2.04 bits per heavy atom. The minimum atomic E-state index is -3.78. The predicted molar refractivity (Wildman–Crippen MR) is 102 cm³/mol. The van der Waals surface area contributed by atoms with E-state index in [0.717, 1.165) is 4.31 Å². The normalized spacial score (nSPS) is 12.4. The summed E-state index contributed by atoms with van der Waals surface area (Å²) in [6, 6.07) is 13.0. The number of hydrogen-bond acceptors (Lipinski definition) is 4. The van der Waals surface area contributed by atoms with Crippen LogP contribution < -0.4 is 9.62 Å². The molecule has 0 aliphatic heterocycles. The van der Waals surface area contributed by atoms with Crippen LogP contribution in [0.15, 0.2) is 59.5 Å². The second kappa shape index (κ2) is 8.22. The first-order valence-corrected chi connectivity index (χ1v) is 9.76. The van der Waals surface area contributed by atoms with E-state index in [0.29, 0.717) is 5.69 Å². The first kappa shape index (κ1) is 20.4. The Kier molecular flexibility index (Phi) is 6.22. The van der Waals surface area contributed by atoms with Crippen molar-refractivity contribution in [3.63, 3.8) is 0 Å². The van der Waals surface area contributed by atoms with Crippen molar-refractivity contribution in [2.75, 3.05) is 11.4 Å². The van der Waals surface area contributed by atoms with Gasteiger partial charge in [-0.3, -0.25) is 9.10 Å². The Hall–Kier alpha value is -2.87. The van der Waals surface area contributed by atoms with Crippen LogP contribution in [0.1, 0.15) is 24.2 Å². The second-order valence-corrected chi connectivity index (χ2v) is 8.34. The number of anilines is 1. The van der Waals surface area contributed by atoms with Crippen LogP contribution in [0.25, 0.3) is 0 Å². The van der Waals surface area contributed by atoms with E-state index in [1.165, 1.54) is 31.3 Å². The Labute approximate surface area is 158 Å². The lowest BCUT2D eigenvalue weighted by atomic mass is 10.0. The minimum Gasteiger partial charge on any atom is -0.480 e. The van der Waals surface area contributed by atoms with Gasteiger partial charge in [-0.1, -0.05) is 32.0 Å².